The Hall–Kier alpha value is -0.0800. The maximum Gasteiger partial charge on any atom is 0.0223 e. The van der Waals surface area contributed by atoms with Crippen LogP contribution in [0.1, 0.15) is 66.2 Å². The van der Waals surface area contributed by atoms with Crippen molar-refractivity contribution in [2.75, 3.05) is 26.2 Å². The third-order valence-corrected chi connectivity index (χ3v) is 5.64. The molecule has 0 radical (unpaired) electrons. The summed E-state index contributed by atoms with van der Waals surface area (Å²) in [5.41, 5.74) is 0.479. The van der Waals surface area contributed by atoms with Crippen molar-refractivity contribution in [2.24, 2.45) is 17.3 Å². The molecule has 1 heterocycles. The lowest BCUT2D eigenvalue weighted by molar-refractivity contribution is 0.185. The minimum atomic E-state index is 0.479. The Labute approximate surface area is 126 Å². The lowest BCUT2D eigenvalue weighted by Crippen LogP contribution is -2.45. The van der Waals surface area contributed by atoms with Crippen LogP contribution in [0.25, 0.3) is 0 Å². The van der Waals surface area contributed by atoms with E-state index in [4.69, 9.17) is 0 Å². The number of nitrogens with zero attached hydrogens (tertiary/aromatic N) is 1. The molecule has 2 rings (SSSR count). The van der Waals surface area contributed by atoms with Crippen LogP contribution >= 0.6 is 0 Å². The van der Waals surface area contributed by atoms with E-state index in [1.807, 2.05) is 0 Å². The van der Waals surface area contributed by atoms with Gasteiger partial charge in [0.25, 0.3) is 0 Å². The van der Waals surface area contributed by atoms with E-state index in [-0.39, 0.29) is 0 Å². The average Bonchev–Trinajstić information content (AvgIpc) is 2.88. The Morgan fingerprint density at radius 1 is 1.10 bits per heavy atom. The summed E-state index contributed by atoms with van der Waals surface area (Å²) in [6, 6.07) is 0.735. The molecule has 2 aliphatic rings. The summed E-state index contributed by atoms with van der Waals surface area (Å²) >= 11 is 0. The van der Waals surface area contributed by atoms with E-state index in [9.17, 15) is 0 Å². The highest BCUT2D eigenvalue weighted by molar-refractivity contribution is 4.88. The van der Waals surface area contributed by atoms with Crippen molar-refractivity contribution in [3.05, 3.63) is 0 Å². The van der Waals surface area contributed by atoms with Crippen molar-refractivity contribution < 1.29 is 0 Å². The van der Waals surface area contributed by atoms with E-state index >= 15 is 0 Å². The molecule has 0 aromatic carbocycles. The molecule has 1 saturated carbocycles. The fourth-order valence-electron chi connectivity index (χ4n) is 4.16. The first-order valence-corrected chi connectivity index (χ1v) is 8.96. The number of likely N-dealkylation sites (tertiary alicyclic amines) is 1. The zero-order valence-corrected chi connectivity index (χ0v) is 14.3. The zero-order chi connectivity index (χ0) is 14.6. The Morgan fingerprint density at radius 3 is 2.35 bits per heavy atom. The van der Waals surface area contributed by atoms with Gasteiger partial charge in [0.15, 0.2) is 0 Å². The molecule has 0 aromatic heterocycles. The summed E-state index contributed by atoms with van der Waals surface area (Å²) in [7, 11) is 0. The predicted octanol–water partition coefficient (Wildman–Crippen LogP) is 3.91. The molecule has 1 aliphatic carbocycles. The predicted molar refractivity (Wildman–Crippen MR) is 88.0 cm³/mol. The lowest BCUT2D eigenvalue weighted by Gasteiger charge is -2.34. The summed E-state index contributed by atoms with van der Waals surface area (Å²) in [5.74, 6) is 1.81. The molecule has 2 fully saturated rings. The monoisotopic (exact) mass is 280 g/mol. The summed E-state index contributed by atoms with van der Waals surface area (Å²) in [5, 5.41) is 3.79. The Morgan fingerprint density at radius 2 is 1.80 bits per heavy atom. The Kier molecular flexibility index (Phi) is 5.92. The highest BCUT2D eigenvalue weighted by Crippen LogP contribution is 2.34. The molecular weight excluding hydrogens is 244 g/mol. The normalized spacial score (nSPS) is 27.9. The third kappa shape index (κ3) is 4.46. The summed E-state index contributed by atoms with van der Waals surface area (Å²) < 4.78 is 0. The van der Waals surface area contributed by atoms with Crippen LogP contribution in [0.3, 0.4) is 0 Å². The van der Waals surface area contributed by atoms with Crippen molar-refractivity contribution in [3.8, 4) is 0 Å². The van der Waals surface area contributed by atoms with Crippen molar-refractivity contribution in [2.45, 2.75) is 72.3 Å². The fourth-order valence-corrected chi connectivity index (χ4v) is 4.16. The van der Waals surface area contributed by atoms with E-state index in [2.05, 4.69) is 37.9 Å². The molecule has 118 valence electrons. The van der Waals surface area contributed by atoms with Gasteiger partial charge in [0.05, 0.1) is 0 Å². The third-order valence-electron chi connectivity index (χ3n) is 5.64. The van der Waals surface area contributed by atoms with Crippen molar-refractivity contribution in [1.29, 1.82) is 0 Å². The van der Waals surface area contributed by atoms with Gasteiger partial charge in [-0.3, -0.25) is 0 Å². The molecule has 20 heavy (non-hydrogen) atoms. The van der Waals surface area contributed by atoms with Crippen LogP contribution < -0.4 is 5.32 Å². The van der Waals surface area contributed by atoms with Crippen LogP contribution in [-0.4, -0.2) is 37.1 Å². The largest absolute Gasteiger partial charge is 0.313 e. The Balaban J connectivity index is 1.85. The van der Waals surface area contributed by atoms with Gasteiger partial charge in [-0.25, -0.2) is 0 Å². The van der Waals surface area contributed by atoms with Crippen LogP contribution in [0.4, 0.5) is 0 Å². The quantitative estimate of drug-likeness (QED) is 0.821. The number of hydrogen-bond donors (Lipinski definition) is 1. The van der Waals surface area contributed by atoms with E-state index in [1.54, 1.807) is 0 Å². The topological polar surface area (TPSA) is 15.3 Å². The molecular formula is C18H36N2. The van der Waals surface area contributed by atoms with Gasteiger partial charge in [-0.15, -0.1) is 0 Å². The van der Waals surface area contributed by atoms with Crippen LogP contribution in [0.2, 0.25) is 0 Å². The molecule has 2 unspecified atom stereocenters. The molecule has 1 aliphatic heterocycles. The molecule has 0 amide bonds. The maximum absolute atomic E-state index is 3.79. The summed E-state index contributed by atoms with van der Waals surface area (Å²) in [4.78, 5) is 2.73. The first kappa shape index (κ1) is 16.3. The summed E-state index contributed by atoms with van der Waals surface area (Å²) in [6.07, 6.45) is 8.68. The number of rotatable bonds is 5. The SMILES string of the molecule is CCNC(CN1CCC(C(C)(C)C)C1)C1CCCCC1. The lowest BCUT2D eigenvalue weighted by atomic mass is 9.80. The van der Waals surface area contributed by atoms with Gasteiger partial charge in [0.2, 0.25) is 0 Å². The van der Waals surface area contributed by atoms with Gasteiger partial charge in [0.1, 0.15) is 0 Å². The van der Waals surface area contributed by atoms with Gasteiger partial charge >= 0.3 is 0 Å². The van der Waals surface area contributed by atoms with Gasteiger partial charge in [-0.05, 0) is 49.6 Å². The van der Waals surface area contributed by atoms with Gasteiger partial charge in [0, 0.05) is 19.1 Å². The highest BCUT2D eigenvalue weighted by atomic mass is 15.2. The second-order valence-corrected chi connectivity index (χ2v) is 8.17. The van der Waals surface area contributed by atoms with Crippen molar-refractivity contribution >= 4 is 0 Å². The first-order valence-electron chi connectivity index (χ1n) is 8.96. The molecule has 2 heteroatoms. The van der Waals surface area contributed by atoms with Gasteiger partial charge < -0.3 is 10.2 Å². The van der Waals surface area contributed by atoms with Crippen LogP contribution in [0.15, 0.2) is 0 Å². The number of hydrogen-bond acceptors (Lipinski definition) is 2. The van der Waals surface area contributed by atoms with Crippen LogP contribution in [-0.2, 0) is 0 Å². The fraction of sp³-hybridized carbons (Fsp3) is 1.00. The minimum absolute atomic E-state index is 0.479. The van der Waals surface area contributed by atoms with Crippen LogP contribution in [0, 0.1) is 17.3 Å². The molecule has 1 saturated heterocycles. The Bertz CT molecular complexity index is 276. The average molecular weight is 280 g/mol. The molecule has 0 spiro atoms. The van der Waals surface area contributed by atoms with E-state index in [0.717, 1.165) is 24.4 Å². The summed E-state index contributed by atoms with van der Waals surface area (Å²) in [6.45, 7) is 14.5. The van der Waals surface area contributed by atoms with E-state index in [0.29, 0.717) is 5.41 Å². The van der Waals surface area contributed by atoms with Gasteiger partial charge in [-0.2, -0.15) is 0 Å². The van der Waals surface area contributed by atoms with E-state index in [1.165, 1.54) is 58.2 Å². The standard InChI is InChI=1S/C18H36N2/c1-5-19-17(15-9-7-6-8-10-15)14-20-12-11-16(13-20)18(2,3)4/h15-17,19H,5-14H2,1-4H3. The second kappa shape index (κ2) is 7.26. The first-order chi connectivity index (χ1) is 9.50. The smallest absolute Gasteiger partial charge is 0.0223 e. The van der Waals surface area contributed by atoms with Crippen molar-refractivity contribution in [1.82, 2.24) is 10.2 Å². The molecule has 0 bridgehead atoms. The molecule has 2 nitrogen and oxygen atoms in total. The maximum atomic E-state index is 3.79. The van der Waals surface area contributed by atoms with Crippen molar-refractivity contribution in [3.63, 3.8) is 0 Å². The van der Waals surface area contributed by atoms with E-state index < -0.39 is 0 Å². The molecule has 1 N–H and O–H groups in total. The number of likely N-dealkylation sites (N-methyl/N-ethyl adjacent to an activating group) is 1. The number of nitrogens with one attached hydrogen (secondary N) is 1. The zero-order valence-electron chi connectivity index (χ0n) is 14.3. The highest BCUT2D eigenvalue weighted by Gasteiger charge is 2.33. The minimum Gasteiger partial charge on any atom is -0.313 e. The van der Waals surface area contributed by atoms with Gasteiger partial charge in [-0.1, -0.05) is 47.0 Å². The molecule has 2 atom stereocenters. The van der Waals surface area contributed by atoms with Crippen LogP contribution in [0.5, 0.6) is 0 Å². The second-order valence-electron chi connectivity index (χ2n) is 8.17. The molecule has 0 aromatic rings.